The number of nitrogens with one attached hydrogen (secondary N) is 2. The molecule has 1 heterocycles. The maximum absolute atomic E-state index is 14.2. The Balaban J connectivity index is 1.67. The summed E-state index contributed by atoms with van der Waals surface area (Å²) in [6.07, 6.45) is -0.708. The number of aliphatic hydroxyl groups excluding tert-OH is 1. The molecule has 3 aromatic carbocycles. The lowest BCUT2D eigenvalue weighted by molar-refractivity contribution is -0.155. The van der Waals surface area contributed by atoms with Crippen LogP contribution in [0.5, 0.6) is 5.75 Å². The molecule has 11 heteroatoms. The van der Waals surface area contributed by atoms with Crippen molar-refractivity contribution in [1.82, 2.24) is 10.9 Å². The number of nitrogens with zero attached hydrogens (tertiary/aromatic N) is 1. The lowest BCUT2D eigenvalue weighted by atomic mass is 9.83. The van der Waals surface area contributed by atoms with Gasteiger partial charge >= 0.3 is 5.97 Å². The third-order valence-corrected chi connectivity index (χ3v) is 6.79. The zero-order valence-electron chi connectivity index (χ0n) is 24.9. The van der Waals surface area contributed by atoms with E-state index in [-0.39, 0.29) is 37.5 Å². The van der Waals surface area contributed by atoms with Gasteiger partial charge in [0.15, 0.2) is 11.6 Å². The van der Waals surface area contributed by atoms with Crippen molar-refractivity contribution in [2.45, 2.75) is 63.8 Å². The highest BCUT2D eigenvalue weighted by Crippen LogP contribution is 2.43. The number of ether oxygens (including phenoxy) is 3. The molecule has 2 atom stereocenters. The predicted molar refractivity (Wildman–Crippen MR) is 160 cm³/mol. The number of benzene rings is 3. The normalized spacial score (nSPS) is 17.9. The molecule has 3 N–H and O–H groups in total. The molecular formula is C33H37F2N3O6. The molecule has 1 aliphatic heterocycles. The summed E-state index contributed by atoms with van der Waals surface area (Å²) in [6.45, 7) is 5.27. The van der Waals surface area contributed by atoms with Crippen molar-refractivity contribution in [2.24, 2.45) is 4.99 Å². The molecule has 0 saturated heterocycles. The van der Waals surface area contributed by atoms with E-state index in [9.17, 15) is 18.4 Å². The number of rotatable bonds is 13. The predicted octanol–water partition coefficient (Wildman–Crippen LogP) is 4.93. The van der Waals surface area contributed by atoms with E-state index in [4.69, 9.17) is 24.3 Å². The van der Waals surface area contributed by atoms with Gasteiger partial charge in [0, 0.05) is 37.1 Å². The largest absolute Gasteiger partial charge is 0.494 e. The highest BCUT2D eigenvalue weighted by Gasteiger charge is 2.53. The Morgan fingerprint density at radius 1 is 1.00 bits per heavy atom. The summed E-state index contributed by atoms with van der Waals surface area (Å²) in [5.74, 6) is -1.96. The minimum atomic E-state index is -1.66. The van der Waals surface area contributed by atoms with Crippen LogP contribution in [0, 0.1) is 11.6 Å². The monoisotopic (exact) mass is 609 g/mol. The van der Waals surface area contributed by atoms with E-state index < -0.39 is 40.8 Å². The minimum absolute atomic E-state index is 0.0150. The van der Waals surface area contributed by atoms with Crippen LogP contribution in [0.1, 0.15) is 62.8 Å². The van der Waals surface area contributed by atoms with Crippen LogP contribution in [-0.4, -0.2) is 47.2 Å². The fourth-order valence-electron chi connectivity index (χ4n) is 4.71. The Bertz CT molecular complexity index is 1440. The number of aliphatic imine (C=N–C) groups is 1. The number of esters is 1. The number of carbonyl (C=O) groups excluding carboxylic acids is 2. The highest BCUT2D eigenvalue weighted by atomic mass is 19.1. The van der Waals surface area contributed by atoms with Crippen LogP contribution >= 0.6 is 0 Å². The molecule has 0 spiro atoms. The van der Waals surface area contributed by atoms with Gasteiger partial charge in [-0.25, -0.2) is 19.2 Å². The first-order chi connectivity index (χ1) is 21.0. The van der Waals surface area contributed by atoms with Crippen LogP contribution in [-0.2, 0) is 25.6 Å². The number of carbonyl (C=O) groups is 2. The summed E-state index contributed by atoms with van der Waals surface area (Å²) in [5.41, 5.74) is 3.71. The van der Waals surface area contributed by atoms with E-state index in [1.54, 1.807) is 69.3 Å². The van der Waals surface area contributed by atoms with Crippen LogP contribution in [0.4, 0.5) is 8.78 Å². The SMILES string of the molecule is CC(C)(C)OC(=O)CC[C@]1(C(=O)NNCc2c(F)cccc2F)N=C(c2ccc(OCCCO)cc2)O[C@H]1c1ccccc1. The second-order valence-corrected chi connectivity index (χ2v) is 11.3. The fourth-order valence-corrected chi connectivity index (χ4v) is 4.71. The van der Waals surface area contributed by atoms with E-state index in [2.05, 4.69) is 10.9 Å². The number of halogens is 2. The molecule has 0 unspecified atom stereocenters. The first-order valence-electron chi connectivity index (χ1n) is 14.4. The van der Waals surface area contributed by atoms with Crippen LogP contribution in [0.2, 0.25) is 0 Å². The highest BCUT2D eigenvalue weighted by molar-refractivity contribution is 6.01. The molecule has 0 aromatic heterocycles. The van der Waals surface area contributed by atoms with Gasteiger partial charge in [0.2, 0.25) is 5.90 Å². The zero-order chi connectivity index (χ0) is 31.7. The standard InChI is InChI=1S/C33H37F2N3O6/c1-32(2,3)44-28(40)17-18-33(31(41)38-36-21-25-26(34)11-7-12-27(25)35)29(22-9-5-4-6-10-22)43-30(37-33)23-13-15-24(16-14-23)42-20-8-19-39/h4-7,9-16,29,36,39H,8,17-21H2,1-3H3,(H,38,41)/t29-,33-/m0/s1. The van der Waals surface area contributed by atoms with Gasteiger partial charge in [-0.2, -0.15) is 0 Å². The first-order valence-corrected chi connectivity index (χ1v) is 14.4. The lowest BCUT2D eigenvalue weighted by Crippen LogP contribution is -2.52. The van der Waals surface area contributed by atoms with E-state index >= 15 is 0 Å². The number of amides is 1. The molecule has 44 heavy (non-hydrogen) atoms. The third kappa shape index (κ3) is 8.18. The molecule has 234 valence electrons. The van der Waals surface area contributed by atoms with Crippen molar-refractivity contribution in [2.75, 3.05) is 13.2 Å². The molecular weight excluding hydrogens is 572 g/mol. The van der Waals surface area contributed by atoms with Crippen LogP contribution in [0.3, 0.4) is 0 Å². The summed E-state index contributed by atoms with van der Waals surface area (Å²) in [6, 6.07) is 19.4. The molecule has 1 aliphatic rings. The second-order valence-electron chi connectivity index (χ2n) is 11.3. The van der Waals surface area contributed by atoms with Gasteiger partial charge in [-0.15, -0.1) is 0 Å². The molecule has 0 bridgehead atoms. The Morgan fingerprint density at radius 3 is 2.32 bits per heavy atom. The Hall–Kier alpha value is -4.35. The summed E-state index contributed by atoms with van der Waals surface area (Å²) >= 11 is 0. The van der Waals surface area contributed by atoms with Gasteiger partial charge in [-0.1, -0.05) is 36.4 Å². The summed E-state index contributed by atoms with van der Waals surface area (Å²) < 4.78 is 45.9. The third-order valence-electron chi connectivity index (χ3n) is 6.79. The van der Waals surface area contributed by atoms with Gasteiger partial charge < -0.3 is 19.3 Å². The van der Waals surface area contributed by atoms with E-state index in [1.807, 2.05) is 6.07 Å². The lowest BCUT2D eigenvalue weighted by Gasteiger charge is -2.31. The molecule has 3 aromatic rings. The van der Waals surface area contributed by atoms with Crippen LogP contribution < -0.4 is 15.6 Å². The molecule has 0 fully saturated rings. The first kappa shape index (κ1) is 32.6. The maximum Gasteiger partial charge on any atom is 0.306 e. The van der Waals surface area contributed by atoms with Crippen molar-refractivity contribution in [3.05, 3.63) is 101 Å². The van der Waals surface area contributed by atoms with Crippen molar-refractivity contribution in [3.63, 3.8) is 0 Å². The average Bonchev–Trinajstić information content (AvgIpc) is 3.39. The number of hydrazine groups is 1. The number of aliphatic hydroxyl groups is 1. The number of hydrogen-bond acceptors (Lipinski definition) is 8. The Labute approximate surface area is 255 Å². The average molecular weight is 610 g/mol. The zero-order valence-corrected chi connectivity index (χ0v) is 24.9. The van der Waals surface area contributed by atoms with E-state index in [0.717, 1.165) is 12.1 Å². The smallest absolute Gasteiger partial charge is 0.306 e. The topological polar surface area (TPSA) is 118 Å². The quantitative estimate of drug-likeness (QED) is 0.143. The van der Waals surface area contributed by atoms with Crippen LogP contribution in [0.25, 0.3) is 0 Å². The van der Waals surface area contributed by atoms with Gasteiger partial charge in [0.05, 0.1) is 6.61 Å². The Kier molecular flexibility index (Phi) is 10.7. The summed E-state index contributed by atoms with van der Waals surface area (Å²) in [7, 11) is 0. The molecule has 1 amide bonds. The summed E-state index contributed by atoms with van der Waals surface area (Å²) in [5, 5.41) is 9.00. The fraction of sp³-hybridized carbons (Fsp3) is 0.364. The molecule has 0 saturated carbocycles. The van der Waals surface area contributed by atoms with Crippen molar-refractivity contribution in [3.8, 4) is 5.75 Å². The van der Waals surface area contributed by atoms with Gasteiger partial charge in [-0.3, -0.25) is 15.0 Å². The van der Waals surface area contributed by atoms with Crippen molar-refractivity contribution >= 4 is 17.8 Å². The molecule has 0 radical (unpaired) electrons. The van der Waals surface area contributed by atoms with E-state index in [0.29, 0.717) is 29.9 Å². The van der Waals surface area contributed by atoms with Crippen LogP contribution in [0.15, 0.2) is 77.8 Å². The molecule has 4 rings (SSSR count). The maximum atomic E-state index is 14.2. The van der Waals surface area contributed by atoms with Gasteiger partial charge in [-0.05, 0) is 69.2 Å². The summed E-state index contributed by atoms with van der Waals surface area (Å²) in [4.78, 5) is 31.7. The van der Waals surface area contributed by atoms with Gasteiger partial charge in [0.25, 0.3) is 5.91 Å². The molecule has 0 aliphatic carbocycles. The minimum Gasteiger partial charge on any atom is -0.494 e. The number of hydrogen-bond donors (Lipinski definition) is 3. The second kappa shape index (κ2) is 14.4. The van der Waals surface area contributed by atoms with E-state index in [1.165, 1.54) is 6.07 Å². The Morgan fingerprint density at radius 2 is 1.68 bits per heavy atom. The van der Waals surface area contributed by atoms with Gasteiger partial charge in [0.1, 0.15) is 23.0 Å². The molecule has 9 nitrogen and oxygen atoms in total. The van der Waals surface area contributed by atoms with Crippen molar-refractivity contribution in [1.29, 1.82) is 0 Å². The van der Waals surface area contributed by atoms with Crippen molar-refractivity contribution < 1.29 is 37.7 Å².